The predicted octanol–water partition coefficient (Wildman–Crippen LogP) is 2.13. The number of carboxylic acid groups (broad SMARTS) is 1. The molecule has 0 amide bonds. The summed E-state index contributed by atoms with van der Waals surface area (Å²) in [6.07, 6.45) is 0. The minimum atomic E-state index is -1.03. The summed E-state index contributed by atoms with van der Waals surface area (Å²) in [5, 5.41) is 12.1. The normalized spacial score (nSPS) is 11.3. The molecule has 86 valence electrons. The number of nitrogens with zero attached hydrogens (tertiary/aromatic N) is 1. The Morgan fingerprint density at radius 1 is 1.31 bits per heavy atom. The fraction of sp³-hybridized carbons (Fsp3) is 0.333. The third-order valence-electron chi connectivity index (χ3n) is 2.03. The van der Waals surface area contributed by atoms with Crippen LogP contribution in [0.5, 0.6) is 0 Å². The summed E-state index contributed by atoms with van der Waals surface area (Å²) in [5.41, 5.74) is 3.90. The minimum absolute atomic E-state index is 0.415. The van der Waals surface area contributed by atoms with Crippen molar-refractivity contribution in [1.82, 2.24) is 0 Å². The Morgan fingerprint density at radius 2 is 1.88 bits per heavy atom. The molecular formula is C12H15NO3. The van der Waals surface area contributed by atoms with Crippen molar-refractivity contribution >= 4 is 11.7 Å². The zero-order valence-corrected chi connectivity index (χ0v) is 9.65. The van der Waals surface area contributed by atoms with Crippen molar-refractivity contribution in [3.63, 3.8) is 0 Å². The van der Waals surface area contributed by atoms with Gasteiger partial charge in [0.15, 0.2) is 0 Å². The van der Waals surface area contributed by atoms with E-state index < -0.39 is 12.6 Å². The summed E-state index contributed by atoms with van der Waals surface area (Å²) >= 11 is 0. The van der Waals surface area contributed by atoms with E-state index in [1.807, 2.05) is 26.0 Å². The van der Waals surface area contributed by atoms with E-state index in [9.17, 15) is 4.79 Å². The second-order valence-electron chi connectivity index (χ2n) is 3.72. The highest BCUT2D eigenvalue weighted by molar-refractivity contribution is 5.98. The lowest BCUT2D eigenvalue weighted by Crippen LogP contribution is -2.05. The van der Waals surface area contributed by atoms with Gasteiger partial charge in [0, 0.05) is 0 Å². The lowest BCUT2D eigenvalue weighted by Gasteiger charge is -2.04. The fourth-order valence-corrected chi connectivity index (χ4v) is 1.42. The molecule has 4 nitrogen and oxygen atoms in total. The Kier molecular flexibility index (Phi) is 4.05. The van der Waals surface area contributed by atoms with Crippen LogP contribution in [0.2, 0.25) is 0 Å². The number of carboxylic acids is 1. The quantitative estimate of drug-likeness (QED) is 0.626. The summed E-state index contributed by atoms with van der Waals surface area (Å²) < 4.78 is 0. The zero-order valence-electron chi connectivity index (χ0n) is 9.65. The first-order chi connectivity index (χ1) is 7.49. The first-order valence-electron chi connectivity index (χ1n) is 4.96. The van der Waals surface area contributed by atoms with Crippen molar-refractivity contribution in [1.29, 1.82) is 0 Å². The van der Waals surface area contributed by atoms with Crippen LogP contribution in [0, 0.1) is 13.8 Å². The molecule has 0 aliphatic carbocycles. The minimum Gasteiger partial charge on any atom is -0.479 e. The molecule has 0 radical (unpaired) electrons. The van der Waals surface area contributed by atoms with Gasteiger partial charge in [-0.3, -0.25) is 0 Å². The van der Waals surface area contributed by atoms with Gasteiger partial charge in [-0.1, -0.05) is 34.5 Å². The predicted molar refractivity (Wildman–Crippen MR) is 61.7 cm³/mol. The maximum atomic E-state index is 10.2. The van der Waals surface area contributed by atoms with Gasteiger partial charge in [0.25, 0.3) is 0 Å². The van der Waals surface area contributed by atoms with Crippen molar-refractivity contribution in [3.8, 4) is 0 Å². The van der Waals surface area contributed by atoms with Crippen LogP contribution < -0.4 is 0 Å². The monoisotopic (exact) mass is 221 g/mol. The number of benzene rings is 1. The van der Waals surface area contributed by atoms with Gasteiger partial charge in [0.1, 0.15) is 0 Å². The van der Waals surface area contributed by atoms with Gasteiger partial charge in [-0.2, -0.15) is 0 Å². The number of aliphatic carboxylic acids is 1. The van der Waals surface area contributed by atoms with E-state index in [1.54, 1.807) is 6.92 Å². The molecule has 0 heterocycles. The molecule has 1 aromatic rings. The SMILES string of the molecule is C/C(=N/OCC(=O)O)c1cc(C)cc(C)c1. The summed E-state index contributed by atoms with van der Waals surface area (Å²) in [6.45, 7) is 5.38. The average molecular weight is 221 g/mol. The van der Waals surface area contributed by atoms with E-state index in [-0.39, 0.29) is 0 Å². The van der Waals surface area contributed by atoms with Gasteiger partial charge in [-0.15, -0.1) is 0 Å². The first kappa shape index (κ1) is 12.2. The molecule has 1 N–H and O–H groups in total. The number of hydrogen-bond donors (Lipinski definition) is 1. The van der Waals surface area contributed by atoms with Crippen LogP contribution in [-0.4, -0.2) is 23.4 Å². The molecule has 0 saturated carbocycles. The van der Waals surface area contributed by atoms with Gasteiger partial charge in [-0.25, -0.2) is 4.79 Å². The fourth-order valence-electron chi connectivity index (χ4n) is 1.42. The van der Waals surface area contributed by atoms with Crippen molar-refractivity contribution in [3.05, 3.63) is 34.9 Å². The molecule has 0 atom stereocenters. The van der Waals surface area contributed by atoms with Crippen LogP contribution in [0.3, 0.4) is 0 Å². The highest BCUT2D eigenvalue weighted by Crippen LogP contribution is 2.10. The topological polar surface area (TPSA) is 58.9 Å². The Morgan fingerprint density at radius 3 is 2.38 bits per heavy atom. The van der Waals surface area contributed by atoms with Crippen LogP contribution >= 0.6 is 0 Å². The Balaban J connectivity index is 2.79. The van der Waals surface area contributed by atoms with E-state index in [4.69, 9.17) is 5.11 Å². The number of hydrogen-bond acceptors (Lipinski definition) is 3. The van der Waals surface area contributed by atoms with Crippen LogP contribution in [-0.2, 0) is 9.63 Å². The maximum Gasteiger partial charge on any atom is 0.344 e. The van der Waals surface area contributed by atoms with Gasteiger partial charge in [-0.05, 0) is 26.3 Å². The number of aryl methyl sites for hydroxylation is 2. The van der Waals surface area contributed by atoms with Gasteiger partial charge in [0.2, 0.25) is 6.61 Å². The summed E-state index contributed by atoms with van der Waals surface area (Å²) in [4.78, 5) is 14.9. The van der Waals surface area contributed by atoms with Crippen molar-refractivity contribution in [2.75, 3.05) is 6.61 Å². The molecule has 1 rings (SSSR count). The third-order valence-corrected chi connectivity index (χ3v) is 2.03. The molecule has 4 heteroatoms. The molecule has 0 unspecified atom stereocenters. The standard InChI is InChI=1S/C12H15NO3/c1-8-4-9(2)6-11(5-8)10(3)13-16-7-12(14)15/h4-6H,7H2,1-3H3,(H,14,15)/b13-10-. The van der Waals surface area contributed by atoms with Crippen molar-refractivity contribution in [2.24, 2.45) is 5.16 Å². The Hall–Kier alpha value is -1.84. The van der Waals surface area contributed by atoms with Crippen LogP contribution in [0.1, 0.15) is 23.6 Å². The lowest BCUT2D eigenvalue weighted by atomic mass is 10.0. The molecule has 0 fully saturated rings. The Labute approximate surface area is 94.5 Å². The summed E-state index contributed by atoms with van der Waals surface area (Å²) in [7, 11) is 0. The van der Waals surface area contributed by atoms with Gasteiger partial charge in [0.05, 0.1) is 5.71 Å². The van der Waals surface area contributed by atoms with Gasteiger partial charge >= 0.3 is 5.97 Å². The molecule has 0 saturated heterocycles. The highest BCUT2D eigenvalue weighted by Gasteiger charge is 2.01. The molecular weight excluding hydrogens is 206 g/mol. The number of oxime groups is 1. The van der Waals surface area contributed by atoms with E-state index in [1.165, 1.54) is 0 Å². The molecule has 0 aliphatic heterocycles. The molecule has 0 aromatic heterocycles. The van der Waals surface area contributed by atoms with Crippen LogP contribution in [0.25, 0.3) is 0 Å². The van der Waals surface area contributed by atoms with Crippen LogP contribution in [0.4, 0.5) is 0 Å². The number of carbonyl (C=O) groups is 1. The molecule has 0 spiro atoms. The molecule has 0 aliphatic rings. The Bertz CT molecular complexity index is 404. The largest absolute Gasteiger partial charge is 0.479 e. The lowest BCUT2D eigenvalue weighted by molar-refractivity contribution is -0.142. The van der Waals surface area contributed by atoms with E-state index in [2.05, 4.69) is 16.1 Å². The van der Waals surface area contributed by atoms with E-state index in [0.29, 0.717) is 5.71 Å². The highest BCUT2D eigenvalue weighted by atomic mass is 16.6. The smallest absolute Gasteiger partial charge is 0.344 e. The van der Waals surface area contributed by atoms with E-state index in [0.717, 1.165) is 16.7 Å². The number of rotatable bonds is 4. The maximum absolute atomic E-state index is 10.2. The van der Waals surface area contributed by atoms with Gasteiger partial charge < -0.3 is 9.94 Å². The second kappa shape index (κ2) is 5.30. The molecule has 0 bridgehead atoms. The second-order valence-corrected chi connectivity index (χ2v) is 3.72. The van der Waals surface area contributed by atoms with Crippen molar-refractivity contribution in [2.45, 2.75) is 20.8 Å². The summed E-state index contributed by atoms with van der Waals surface area (Å²) in [6, 6.07) is 6.03. The molecule has 16 heavy (non-hydrogen) atoms. The summed E-state index contributed by atoms with van der Waals surface area (Å²) in [5.74, 6) is -1.03. The average Bonchev–Trinajstić information content (AvgIpc) is 2.15. The third kappa shape index (κ3) is 3.73. The van der Waals surface area contributed by atoms with Crippen LogP contribution in [0.15, 0.2) is 23.4 Å². The first-order valence-corrected chi connectivity index (χ1v) is 4.96. The molecule has 1 aromatic carbocycles. The zero-order chi connectivity index (χ0) is 12.1. The van der Waals surface area contributed by atoms with E-state index >= 15 is 0 Å². The van der Waals surface area contributed by atoms with Crippen molar-refractivity contribution < 1.29 is 14.7 Å².